The number of hydrogen-bond acceptors (Lipinski definition) is 5. The Hall–Kier alpha value is -2.27. The molecule has 0 saturated carbocycles. The maximum atomic E-state index is 12.2. The first-order valence-electron chi connectivity index (χ1n) is 7.16. The van der Waals surface area contributed by atoms with E-state index in [9.17, 15) is 9.90 Å². The average Bonchev–Trinajstić information content (AvgIpc) is 3.30. The number of aromatic hydroxyl groups is 1. The van der Waals surface area contributed by atoms with Crippen LogP contribution < -0.4 is 4.74 Å². The molecule has 2 aliphatic heterocycles. The van der Waals surface area contributed by atoms with Gasteiger partial charge in [-0.2, -0.15) is 0 Å². The summed E-state index contributed by atoms with van der Waals surface area (Å²) >= 11 is 0. The summed E-state index contributed by atoms with van der Waals surface area (Å²) in [7, 11) is 1.29. The van der Waals surface area contributed by atoms with Gasteiger partial charge >= 0.3 is 5.97 Å². The van der Waals surface area contributed by atoms with Crippen LogP contribution in [0.15, 0.2) is 24.3 Å². The van der Waals surface area contributed by atoms with Gasteiger partial charge in [-0.25, -0.2) is 4.79 Å². The first-order chi connectivity index (χ1) is 10.5. The number of methoxy groups -OCH3 is 1. The van der Waals surface area contributed by atoms with E-state index in [0.717, 1.165) is 5.39 Å². The molecule has 0 aromatic heterocycles. The lowest BCUT2D eigenvalue weighted by molar-refractivity contribution is 0.0585. The van der Waals surface area contributed by atoms with Crippen LogP contribution in [0.25, 0.3) is 10.8 Å². The third-order valence-electron chi connectivity index (χ3n) is 4.39. The first kappa shape index (κ1) is 13.4. The largest absolute Gasteiger partial charge is 0.506 e. The SMILES string of the molecule is COC(=O)c1c2c(c3ccccc3c1O)OC(C)(C)[C@H]1O[C@@H]21. The normalized spacial score (nSPS) is 24.1. The van der Waals surface area contributed by atoms with Crippen molar-refractivity contribution in [3.8, 4) is 11.5 Å². The number of epoxide rings is 1. The molecule has 2 aromatic carbocycles. The zero-order valence-corrected chi connectivity index (χ0v) is 12.5. The smallest absolute Gasteiger partial charge is 0.342 e. The molecule has 0 aliphatic carbocycles. The molecule has 1 fully saturated rings. The van der Waals surface area contributed by atoms with E-state index >= 15 is 0 Å². The molecule has 0 unspecified atom stereocenters. The molecule has 0 amide bonds. The van der Waals surface area contributed by atoms with Gasteiger partial charge in [0.1, 0.15) is 34.9 Å². The molecule has 2 atom stereocenters. The van der Waals surface area contributed by atoms with Gasteiger partial charge in [-0.1, -0.05) is 24.3 Å². The zero-order valence-electron chi connectivity index (χ0n) is 12.5. The fourth-order valence-electron chi connectivity index (χ4n) is 3.28. The van der Waals surface area contributed by atoms with Crippen LogP contribution in [0.5, 0.6) is 11.5 Å². The summed E-state index contributed by atoms with van der Waals surface area (Å²) in [6.07, 6.45) is -0.368. The molecular formula is C17H16O5. The van der Waals surface area contributed by atoms with E-state index in [1.165, 1.54) is 7.11 Å². The van der Waals surface area contributed by atoms with Gasteiger partial charge in [0.25, 0.3) is 0 Å². The highest BCUT2D eigenvalue weighted by Gasteiger charge is 2.58. The van der Waals surface area contributed by atoms with Gasteiger partial charge in [0.05, 0.1) is 7.11 Å². The van der Waals surface area contributed by atoms with Crippen molar-refractivity contribution in [2.24, 2.45) is 0 Å². The lowest BCUT2D eigenvalue weighted by Gasteiger charge is -2.31. The average molecular weight is 300 g/mol. The van der Waals surface area contributed by atoms with Crippen molar-refractivity contribution in [1.29, 1.82) is 0 Å². The molecule has 114 valence electrons. The molecule has 2 aliphatic rings. The molecule has 0 radical (unpaired) electrons. The summed E-state index contributed by atoms with van der Waals surface area (Å²) in [4.78, 5) is 12.2. The van der Waals surface area contributed by atoms with Crippen LogP contribution in [0.3, 0.4) is 0 Å². The number of esters is 1. The summed E-state index contributed by atoms with van der Waals surface area (Å²) in [5.74, 6) is -0.0756. The second kappa shape index (κ2) is 4.14. The molecular weight excluding hydrogens is 284 g/mol. The maximum absolute atomic E-state index is 12.2. The maximum Gasteiger partial charge on any atom is 0.342 e. The third kappa shape index (κ3) is 1.60. The molecule has 5 nitrogen and oxygen atoms in total. The summed E-state index contributed by atoms with van der Waals surface area (Å²) in [5, 5.41) is 11.9. The Labute approximate surface area is 127 Å². The highest BCUT2D eigenvalue weighted by molar-refractivity contribution is 6.06. The van der Waals surface area contributed by atoms with Crippen LogP contribution in [-0.4, -0.2) is 29.9 Å². The van der Waals surface area contributed by atoms with Gasteiger partial charge in [0, 0.05) is 16.3 Å². The summed E-state index contributed by atoms with van der Waals surface area (Å²) in [6, 6.07) is 7.30. The van der Waals surface area contributed by atoms with Gasteiger partial charge < -0.3 is 19.3 Å². The van der Waals surface area contributed by atoms with Crippen molar-refractivity contribution in [3.63, 3.8) is 0 Å². The van der Waals surface area contributed by atoms with Gasteiger partial charge in [-0.3, -0.25) is 0 Å². The van der Waals surface area contributed by atoms with Crippen molar-refractivity contribution in [2.75, 3.05) is 7.11 Å². The number of fused-ring (bicyclic) bond motifs is 5. The quantitative estimate of drug-likeness (QED) is 0.648. The molecule has 1 N–H and O–H groups in total. The van der Waals surface area contributed by atoms with E-state index < -0.39 is 11.6 Å². The van der Waals surface area contributed by atoms with Gasteiger partial charge in [0.2, 0.25) is 0 Å². The molecule has 22 heavy (non-hydrogen) atoms. The second-order valence-electron chi connectivity index (χ2n) is 6.19. The van der Waals surface area contributed by atoms with Crippen molar-refractivity contribution in [3.05, 3.63) is 35.4 Å². The minimum absolute atomic E-state index is 0.0845. The standard InChI is InChI=1S/C17H16O5/c1-17(2)15-14(21-15)11-10(16(19)20-3)12(18)8-6-4-5-7-9(8)13(11)22-17/h4-7,14-15,18H,1-3H3/t14-,15-/m0/s1. The Morgan fingerprint density at radius 2 is 1.95 bits per heavy atom. The Morgan fingerprint density at radius 1 is 1.27 bits per heavy atom. The second-order valence-corrected chi connectivity index (χ2v) is 6.19. The van der Waals surface area contributed by atoms with E-state index in [2.05, 4.69) is 0 Å². The number of hydrogen-bond donors (Lipinski definition) is 1. The van der Waals surface area contributed by atoms with Crippen molar-refractivity contribution in [2.45, 2.75) is 31.7 Å². The summed E-state index contributed by atoms with van der Waals surface area (Å²) < 4.78 is 16.7. The van der Waals surface area contributed by atoms with Crippen molar-refractivity contribution >= 4 is 16.7 Å². The third-order valence-corrected chi connectivity index (χ3v) is 4.39. The zero-order chi connectivity index (χ0) is 15.6. The summed E-state index contributed by atoms with van der Waals surface area (Å²) in [5.41, 5.74) is 0.247. The molecule has 2 aromatic rings. The highest BCUT2D eigenvalue weighted by atomic mass is 16.6. The lowest BCUT2D eigenvalue weighted by atomic mass is 9.88. The molecule has 5 heteroatoms. The van der Waals surface area contributed by atoms with Gasteiger partial charge in [-0.05, 0) is 13.8 Å². The number of benzene rings is 2. The fourth-order valence-corrected chi connectivity index (χ4v) is 3.28. The van der Waals surface area contributed by atoms with Gasteiger partial charge in [0.15, 0.2) is 0 Å². The number of rotatable bonds is 1. The first-order valence-corrected chi connectivity index (χ1v) is 7.16. The van der Waals surface area contributed by atoms with Gasteiger partial charge in [-0.15, -0.1) is 0 Å². The van der Waals surface area contributed by atoms with E-state index in [0.29, 0.717) is 16.7 Å². The number of phenolic OH excluding ortho intramolecular Hbond substituents is 1. The Bertz CT molecular complexity index is 808. The lowest BCUT2D eigenvalue weighted by Crippen LogP contribution is -2.38. The van der Waals surface area contributed by atoms with Crippen molar-refractivity contribution < 1.29 is 24.1 Å². The molecule has 0 spiro atoms. The Morgan fingerprint density at radius 3 is 2.64 bits per heavy atom. The number of ether oxygens (including phenoxy) is 3. The number of carbonyl (C=O) groups is 1. The van der Waals surface area contributed by atoms with Crippen LogP contribution in [0.1, 0.15) is 35.9 Å². The molecule has 0 bridgehead atoms. The predicted octanol–water partition coefficient (Wildman–Crippen LogP) is 2.94. The van der Waals surface area contributed by atoms with E-state index in [1.54, 1.807) is 12.1 Å². The Balaban J connectivity index is 2.11. The molecule has 4 rings (SSSR count). The summed E-state index contributed by atoms with van der Waals surface area (Å²) in [6.45, 7) is 3.92. The van der Waals surface area contributed by atoms with Crippen LogP contribution >= 0.6 is 0 Å². The van der Waals surface area contributed by atoms with Crippen LogP contribution in [0.4, 0.5) is 0 Å². The van der Waals surface area contributed by atoms with E-state index in [-0.39, 0.29) is 23.5 Å². The fraction of sp³-hybridized carbons (Fsp3) is 0.353. The monoisotopic (exact) mass is 300 g/mol. The van der Waals surface area contributed by atoms with E-state index in [1.807, 2.05) is 26.0 Å². The van der Waals surface area contributed by atoms with Crippen LogP contribution in [-0.2, 0) is 9.47 Å². The van der Waals surface area contributed by atoms with Crippen molar-refractivity contribution in [1.82, 2.24) is 0 Å². The molecule has 1 saturated heterocycles. The predicted molar refractivity (Wildman–Crippen MR) is 79.3 cm³/mol. The minimum atomic E-state index is -0.586. The van der Waals surface area contributed by atoms with E-state index in [4.69, 9.17) is 14.2 Å². The topological polar surface area (TPSA) is 68.3 Å². The molecule has 2 heterocycles. The van der Waals surface area contributed by atoms with Crippen LogP contribution in [0, 0.1) is 0 Å². The Kier molecular flexibility index (Phi) is 2.52. The number of carbonyl (C=O) groups excluding carboxylic acids is 1. The highest BCUT2D eigenvalue weighted by Crippen LogP contribution is 2.58. The minimum Gasteiger partial charge on any atom is -0.506 e. The number of phenols is 1. The van der Waals surface area contributed by atoms with Crippen LogP contribution in [0.2, 0.25) is 0 Å².